The highest BCUT2D eigenvalue weighted by Crippen LogP contribution is 2.18. The standard InChI is InChI=1S/C16H19N3OS/c1-12(18-19-16(21)17-9-10-20-2)14-8-7-13-5-3-4-6-15(13)11-14/h3-8,11,18H,1,9-10H2,2H3,(H2,17,19,21). The number of nitrogens with one attached hydrogen (secondary N) is 3. The summed E-state index contributed by atoms with van der Waals surface area (Å²) in [6.45, 7) is 5.28. The van der Waals surface area contributed by atoms with Crippen LogP contribution >= 0.6 is 12.2 Å². The van der Waals surface area contributed by atoms with Crippen LogP contribution in [0.25, 0.3) is 16.5 Å². The van der Waals surface area contributed by atoms with E-state index in [1.807, 2.05) is 18.2 Å². The fourth-order valence-electron chi connectivity index (χ4n) is 1.89. The lowest BCUT2D eigenvalue weighted by Gasteiger charge is -2.14. The highest BCUT2D eigenvalue weighted by Gasteiger charge is 2.01. The molecule has 0 aliphatic carbocycles. The highest BCUT2D eigenvalue weighted by molar-refractivity contribution is 7.80. The smallest absolute Gasteiger partial charge is 0.185 e. The first-order valence-electron chi connectivity index (χ1n) is 6.67. The maximum atomic E-state index is 5.13. The molecule has 0 aliphatic rings. The van der Waals surface area contributed by atoms with Gasteiger partial charge in [-0.25, -0.2) is 0 Å². The molecule has 0 heterocycles. The molecule has 0 amide bonds. The number of ether oxygens (including phenoxy) is 1. The average molecular weight is 301 g/mol. The first kappa shape index (κ1) is 15.3. The van der Waals surface area contributed by atoms with E-state index in [-0.39, 0.29) is 0 Å². The van der Waals surface area contributed by atoms with Gasteiger partial charge >= 0.3 is 0 Å². The Kier molecular flexibility index (Phi) is 5.54. The summed E-state index contributed by atoms with van der Waals surface area (Å²) in [5.41, 5.74) is 7.68. The average Bonchev–Trinajstić information content (AvgIpc) is 2.52. The monoisotopic (exact) mass is 301 g/mol. The van der Waals surface area contributed by atoms with Crippen LogP contribution < -0.4 is 16.2 Å². The Bertz CT molecular complexity index is 642. The summed E-state index contributed by atoms with van der Waals surface area (Å²) in [7, 11) is 1.65. The van der Waals surface area contributed by atoms with E-state index in [1.54, 1.807) is 7.11 Å². The second-order valence-electron chi connectivity index (χ2n) is 4.54. The molecule has 2 aromatic rings. The Morgan fingerprint density at radius 1 is 1.14 bits per heavy atom. The Hall–Kier alpha value is -2.11. The maximum Gasteiger partial charge on any atom is 0.185 e. The third kappa shape index (κ3) is 4.44. The minimum atomic E-state index is 0.508. The van der Waals surface area contributed by atoms with Gasteiger partial charge in [0.05, 0.1) is 12.3 Å². The summed E-state index contributed by atoms with van der Waals surface area (Å²) >= 11 is 5.13. The zero-order valence-corrected chi connectivity index (χ0v) is 12.8. The fourth-order valence-corrected chi connectivity index (χ4v) is 2.05. The van der Waals surface area contributed by atoms with Crippen molar-refractivity contribution in [1.29, 1.82) is 0 Å². The van der Waals surface area contributed by atoms with Crippen LogP contribution in [0.15, 0.2) is 49.0 Å². The molecule has 21 heavy (non-hydrogen) atoms. The molecular weight excluding hydrogens is 282 g/mol. The third-order valence-corrected chi connectivity index (χ3v) is 3.26. The van der Waals surface area contributed by atoms with Gasteiger partial charge in [-0.15, -0.1) is 0 Å². The minimum Gasteiger partial charge on any atom is -0.383 e. The second-order valence-corrected chi connectivity index (χ2v) is 4.95. The Labute approximate surface area is 130 Å². The van der Waals surface area contributed by atoms with E-state index in [9.17, 15) is 0 Å². The van der Waals surface area contributed by atoms with E-state index in [0.717, 1.165) is 11.3 Å². The fraction of sp³-hybridized carbons (Fsp3) is 0.188. The van der Waals surface area contributed by atoms with Gasteiger partial charge in [-0.05, 0) is 34.6 Å². The van der Waals surface area contributed by atoms with Gasteiger partial charge in [0.15, 0.2) is 5.11 Å². The second kappa shape index (κ2) is 7.61. The number of hydrazine groups is 1. The van der Waals surface area contributed by atoms with E-state index in [0.29, 0.717) is 18.3 Å². The number of hydrogen-bond donors (Lipinski definition) is 3. The van der Waals surface area contributed by atoms with Crippen LogP contribution in [0.4, 0.5) is 0 Å². The number of methoxy groups -OCH3 is 1. The summed E-state index contributed by atoms with van der Waals surface area (Å²) in [4.78, 5) is 0. The van der Waals surface area contributed by atoms with Crippen LogP contribution in [0.3, 0.4) is 0 Å². The molecule has 0 aliphatic heterocycles. The molecule has 2 rings (SSSR count). The molecule has 0 bridgehead atoms. The van der Waals surface area contributed by atoms with Crippen LogP contribution in [-0.2, 0) is 4.74 Å². The Morgan fingerprint density at radius 2 is 1.90 bits per heavy atom. The molecular formula is C16H19N3OS. The van der Waals surface area contributed by atoms with Gasteiger partial charge in [-0.2, -0.15) is 0 Å². The maximum absolute atomic E-state index is 5.13. The quantitative estimate of drug-likeness (QED) is 0.434. The molecule has 110 valence electrons. The van der Waals surface area contributed by atoms with Gasteiger partial charge in [0.2, 0.25) is 0 Å². The molecule has 0 saturated carbocycles. The molecule has 0 fully saturated rings. The van der Waals surface area contributed by atoms with Gasteiger partial charge in [-0.3, -0.25) is 10.9 Å². The van der Waals surface area contributed by atoms with E-state index >= 15 is 0 Å². The number of hydrogen-bond acceptors (Lipinski definition) is 3. The van der Waals surface area contributed by atoms with E-state index < -0.39 is 0 Å². The topological polar surface area (TPSA) is 45.3 Å². The lowest BCUT2D eigenvalue weighted by Crippen LogP contribution is -2.43. The Morgan fingerprint density at radius 3 is 2.67 bits per heavy atom. The minimum absolute atomic E-state index is 0.508. The molecule has 4 nitrogen and oxygen atoms in total. The first-order valence-corrected chi connectivity index (χ1v) is 7.08. The lowest BCUT2D eigenvalue weighted by atomic mass is 10.1. The van der Waals surface area contributed by atoms with Crippen molar-refractivity contribution in [2.75, 3.05) is 20.3 Å². The van der Waals surface area contributed by atoms with Crippen LogP contribution in [-0.4, -0.2) is 25.4 Å². The number of thiocarbonyl (C=S) groups is 1. The SMILES string of the molecule is C=C(NNC(=S)NCCOC)c1ccc2ccccc2c1. The summed E-state index contributed by atoms with van der Waals surface area (Å²) < 4.78 is 4.94. The molecule has 3 N–H and O–H groups in total. The molecule has 0 saturated heterocycles. The molecule has 0 atom stereocenters. The van der Waals surface area contributed by atoms with Gasteiger partial charge in [0.1, 0.15) is 0 Å². The number of rotatable bonds is 6. The van der Waals surface area contributed by atoms with Crippen molar-refractivity contribution in [3.63, 3.8) is 0 Å². The van der Waals surface area contributed by atoms with E-state index in [4.69, 9.17) is 17.0 Å². The molecule has 0 unspecified atom stereocenters. The largest absolute Gasteiger partial charge is 0.383 e. The summed E-state index contributed by atoms with van der Waals surface area (Å²) in [5, 5.41) is 5.91. The zero-order chi connectivity index (χ0) is 15.1. The van der Waals surface area contributed by atoms with Crippen molar-refractivity contribution < 1.29 is 4.74 Å². The van der Waals surface area contributed by atoms with Crippen molar-refractivity contribution >= 4 is 33.8 Å². The highest BCUT2D eigenvalue weighted by atomic mass is 32.1. The van der Waals surface area contributed by atoms with Crippen molar-refractivity contribution in [3.05, 3.63) is 54.6 Å². The third-order valence-electron chi connectivity index (χ3n) is 3.02. The van der Waals surface area contributed by atoms with Crippen LogP contribution in [0.2, 0.25) is 0 Å². The normalized spacial score (nSPS) is 10.1. The predicted octanol–water partition coefficient (Wildman–Crippen LogP) is 2.43. The van der Waals surface area contributed by atoms with Crippen molar-refractivity contribution in [3.8, 4) is 0 Å². The molecule has 0 aromatic heterocycles. The van der Waals surface area contributed by atoms with Crippen LogP contribution in [0.1, 0.15) is 5.56 Å². The Balaban J connectivity index is 1.91. The van der Waals surface area contributed by atoms with Crippen molar-refractivity contribution in [2.24, 2.45) is 0 Å². The number of benzene rings is 2. The van der Waals surface area contributed by atoms with Gasteiger partial charge in [0.25, 0.3) is 0 Å². The molecule has 0 radical (unpaired) electrons. The van der Waals surface area contributed by atoms with Crippen molar-refractivity contribution in [2.45, 2.75) is 0 Å². The predicted molar refractivity (Wildman–Crippen MR) is 91.7 cm³/mol. The number of fused-ring (bicyclic) bond motifs is 1. The van der Waals surface area contributed by atoms with Crippen LogP contribution in [0.5, 0.6) is 0 Å². The van der Waals surface area contributed by atoms with E-state index in [2.05, 4.69) is 47.0 Å². The molecule has 2 aromatic carbocycles. The summed E-state index contributed by atoms with van der Waals surface area (Å²) in [5.74, 6) is 0. The first-order chi connectivity index (χ1) is 10.2. The summed E-state index contributed by atoms with van der Waals surface area (Å²) in [6, 6.07) is 14.4. The van der Waals surface area contributed by atoms with Gasteiger partial charge in [-0.1, -0.05) is 43.0 Å². The van der Waals surface area contributed by atoms with Crippen molar-refractivity contribution in [1.82, 2.24) is 16.2 Å². The van der Waals surface area contributed by atoms with Gasteiger partial charge < -0.3 is 10.1 Å². The molecule has 5 heteroatoms. The van der Waals surface area contributed by atoms with Gasteiger partial charge in [0, 0.05) is 13.7 Å². The zero-order valence-electron chi connectivity index (χ0n) is 12.0. The van der Waals surface area contributed by atoms with E-state index in [1.165, 1.54) is 10.8 Å². The molecule has 0 spiro atoms. The summed E-state index contributed by atoms with van der Waals surface area (Å²) in [6.07, 6.45) is 0. The van der Waals surface area contributed by atoms with Crippen LogP contribution in [0, 0.1) is 0 Å². The lowest BCUT2D eigenvalue weighted by molar-refractivity contribution is 0.204.